The number of alkyl halides is 3. The van der Waals surface area contributed by atoms with Crippen LogP contribution in [-0.2, 0) is 0 Å². The Bertz CT molecular complexity index is 629. The molecule has 152 valence electrons. The maximum atomic E-state index is 13.3. The predicted molar refractivity (Wildman–Crippen MR) is 110 cm³/mol. The molecule has 0 aromatic heterocycles. The molecule has 1 aliphatic rings. The molecule has 0 bridgehead atoms. The maximum Gasteiger partial charge on any atom is 0.392 e. The Kier molecular flexibility index (Phi) is 7.17. The van der Waals surface area contributed by atoms with Crippen molar-refractivity contribution in [2.24, 2.45) is 11.8 Å². The molecule has 1 aromatic rings. The van der Waals surface area contributed by atoms with Crippen LogP contribution in [0.4, 0.5) is 18.9 Å². The summed E-state index contributed by atoms with van der Waals surface area (Å²) < 4.78 is 39.8. The van der Waals surface area contributed by atoms with Gasteiger partial charge >= 0.3 is 6.18 Å². The average Bonchev–Trinajstić information content (AvgIpc) is 2.55. The quantitative estimate of drug-likeness (QED) is 0.558. The number of nitrogens with one attached hydrogen (secondary N) is 2. The Labute approximate surface area is 166 Å². The summed E-state index contributed by atoms with van der Waals surface area (Å²) in [6, 6.07) is 5.94. The Hall–Kier alpha value is -1.30. The minimum absolute atomic E-state index is 0.0787. The van der Waals surface area contributed by atoms with Gasteiger partial charge < -0.3 is 10.6 Å². The van der Waals surface area contributed by atoms with E-state index in [-0.39, 0.29) is 18.4 Å². The van der Waals surface area contributed by atoms with Crippen molar-refractivity contribution in [2.45, 2.75) is 77.9 Å². The van der Waals surface area contributed by atoms with Gasteiger partial charge in [0.2, 0.25) is 0 Å². The maximum absolute atomic E-state index is 13.3. The lowest BCUT2D eigenvalue weighted by Gasteiger charge is -2.36. The van der Waals surface area contributed by atoms with Gasteiger partial charge in [-0.25, -0.2) is 0 Å². The summed E-state index contributed by atoms with van der Waals surface area (Å²) in [4.78, 5) is 0. The van der Waals surface area contributed by atoms with Crippen LogP contribution in [0.2, 0.25) is 0 Å². The van der Waals surface area contributed by atoms with E-state index < -0.39 is 12.1 Å². The van der Waals surface area contributed by atoms with E-state index in [4.69, 9.17) is 12.2 Å². The fraction of sp³-hybridized carbons (Fsp3) is 0.667. The summed E-state index contributed by atoms with van der Waals surface area (Å²) in [5.41, 5.74) is 3.31. The number of rotatable bonds is 4. The number of para-hydroxylation sites is 1. The third kappa shape index (κ3) is 5.59. The Morgan fingerprint density at radius 2 is 1.63 bits per heavy atom. The van der Waals surface area contributed by atoms with Crippen LogP contribution in [-0.4, -0.2) is 17.3 Å². The van der Waals surface area contributed by atoms with Crippen molar-refractivity contribution < 1.29 is 13.2 Å². The van der Waals surface area contributed by atoms with Crippen LogP contribution >= 0.6 is 12.2 Å². The number of thiocarbonyl (C=S) groups is 1. The fourth-order valence-corrected chi connectivity index (χ4v) is 4.21. The average molecular weight is 401 g/mol. The van der Waals surface area contributed by atoms with Crippen LogP contribution < -0.4 is 10.6 Å². The summed E-state index contributed by atoms with van der Waals surface area (Å²) in [5.74, 6) is -0.960. The van der Waals surface area contributed by atoms with Gasteiger partial charge in [-0.15, -0.1) is 0 Å². The molecule has 0 spiro atoms. The van der Waals surface area contributed by atoms with Crippen LogP contribution in [0.1, 0.15) is 76.8 Å². The Morgan fingerprint density at radius 3 is 2.11 bits per heavy atom. The van der Waals surface area contributed by atoms with Gasteiger partial charge in [0.15, 0.2) is 5.11 Å². The van der Waals surface area contributed by atoms with E-state index in [0.717, 1.165) is 16.8 Å². The molecule has 1 aromatic carbocycles. The van der Waals surface area contributed by atoms with Gasteiger partial charge in [-0.2, -0.15) is 13.2 Å². The first-order valence-corrected chi connectivity index (χ1v) is 10.2. The van der Waals surface area contributed by atoms with Crippen molar-refractivity contribution in [1.82, 2.24) is 5.32 Å². The highest BCUT2D eigenvalue weighted by Gasteiger charge is 2.46. The van der Waals surface area contributed by atoms with Gasteiger partial charge in [0, 0.05) is 11.7 Å². The molecular formula is C21H31F3N2S. The number of halogens is 3. The molecule has 0 amide bonds. The van der Waals surface area contributed by atoms with Crippen LogP contribution in [0.15, 0.2) is 18.2 Å². The zero-order valence-electron chi connectivity index (χ0n) is 16.8. The lowest BCUT2D eigenvalue weighted by molar-refractivity contribution is -0.196. The molecule has 3 unspecified atom stereocenters. The molecule has 27 heavy (non-hydrogen) atoms. The lowest BCUT2D eigenvalue weighted by atomic mass is 9.77. The number of hydrogen-bond acceptors (Lipinski definition) is 1. The molecule has 2 nitrogen and oxygen atoms in total. The van der Waals surface area contributed by atoms with E-state index in [1.165, 1.54) is 0 Å². The van der Waals surface area contributed by atoms with E-state index in [9.17, 15) is 13.2 Å². The number of benzene rings is 1. The largest absolute Gasteiger partial charge is 0.392 e. The second kappa shape index (κ2) is 8.80. The van der Waals surface area contributed by atoms with Gasteiger partial charge in [0.25, 0.3) is 0 Å². The Balaban J connectivity index is 2.12. The second-order valence-electron chi connectivity index (χ2n) is 8.35. The van der Waals surface area contributed by atoms with Crippen molar-refractivity contribution in [3.05, 3.63) is 29.3 Å². The molecule has 3 atom stereocenters. The van der Waals surface area contributed by atoms with Crippen LogP contribution in [0, 0.1) is 11.8 Å². The highest BCUT2D eigenvalue weighted by Crippen LogP contribution is 2.41. The third-order valence-corrected chi connectivity index (χ3v) is 5.78. The lowest BCUT2D eigenvalue weighted by Crippen LogP contribution is -2.45. The monoisotopic (exact) mass is 400 g/mol. The van der Waals surface area contributed by atoms with E-state index >= 15 is 0 Å². The first-order chi connectivity index (χ1) is 12.5. The van der Waals surface area contributed by atoms with Crippen LogP contribution in [0.5, 0.6) is 0 Å². The molecule has 1 aliphatic carbocycles. The Morgan fingerprint density at radius 1 is 1.07 bits per heavy atom. The minimum atomic E-state index is -4.15. The molecule has 0 saturated heterocycles. The van der Waals surface area contributed by atoms with Crippen molar-refractivity contribution in [1.29, 1.82) is 0 Å². The van der Waals surface area contributed by atoms with Crippen molar-refractivity contribution in [2.75, 3.05) is 5.32 Å². The predicted octanol–water partition coefficient (Wildman–Crippen LogP) is 6.59. The van der Waals surface area contributed by atoms with Crippen LogP contribution in [0.3, 0.4) is 0 Å². The SMILES string of the molecule is CC(C)c1cccc(C(C)C)c1NC(=S)NC1CCC(C)C(C(F)(F)F)C1. The van der Waals surface area contributed by atoms with Gasteiger partial charge in [-0.1, -0.05) is 52.8 Å². The molecule has 0 aliphatic heterocycles. The summed E-state index contributed by atoms with van der Waals surface area (Å²) in [6.07, 6.45) is -2.80. The summed E-state index contributed by atoms with van der Waals surface area (Å²) in [5, 5.41) is 6.84. The molecule has 0 radical (unpaired) electrons. The number of anilines is 1. The summed E-state index contributed by atoms with van der Waals surface area (Å²) >= 11 is 5.47. The van der Waals surface area contributed by atoms with Gasteiger partial charge in [-0.05, 0) is 60.4 Å². The second-order valence-corrected chi connectivity index (χ2v) is 8.76. The number of hydrogen-bond donors (Lipinski definition) is 2. The zero-order chi connectivity index (χ0) is 20.4. The highest BCUT2D eigenvalue weighted by atomic mass is 32.1. The topological polar surface area (TPSA) is 24.1 Å². The van der Waals surface area contributed by atoms with Gasteiger partial charge in [-0.3, -0.25) is 0 Å². The first kappa shape index (κ1) is 22.0. The van der Waals surface area contributed by atoms with Crippen molar-refractivity contribution in [3.63, 3.8) is 0 Å². The van der Waals surface area contributed by atoms with E-state index in [1.807, 2.05) is 6.07 Å². The smallest absolute Gasteiger partial charge is 0.360 e. The molecule has 6 heteroatoms. The standard InChI is InChI=1S/C21H31F3N2S/c1-12(2)16-7-6-8-17(13(3)4)19(16)26-20(27)25-15-10-9-14(5)18(11-15)21(22,23)24/h6-8,12-15,18H,9-11H2,1-5H3,(H2,25,26,27). The summed E-state index contributed by atoms with van der Waals surface area (Å²) in [7, 11) is 0. The minimum Gasteiger partial charge on any atom is -0.360 e. The summed E-state index contributed by atoms with van der Waals surface area (Å²) in [6.45, 7) is 10.2. The van der Waals surface area contributed by atoms with Gasteiger partial charge in [0.1, 0.15) is 0 Å². The van der Waals surface area contributed by atoms with E-state index in [0.29, 0.717) is 29.8 Å². The first-order valence-electron chi connectivity index (χ1n) is 9.77. The molecule has 2 rings (SSSR count). The van der Waals surface area contributed by atoms with Crippen molar-refractivity contribution >= 4 is 23.0 Å². The zero-order valence-corrected chi connectivity index (χ0v) is 17.6. The van der Waals surface area contributed by atoms with Crippen molar-refractivity contribution in [3.8, 4) is 0 Å². The molecule has 2 N–H and O–H groups in total. The highest BCUT2D eigenvalue weighted by molar-refractivity contribution is 7.80. The molecule has 1 fully saturated rings. The van der Waals surface area contributed by atoms with Crippen LogP contribution in [0.25, 0.3) is 0 Å². The normalized spacial score (nSPS) is 23.6. The third-order valence-electron chi connectivity index (χ3n) is 5.56. The molecule has 1 saturated carbocycles. The van der Waals surface area contributed by atoms with E-state index in [2.05, 4.69) is 50.5 Å². The van der Waals surface area contributed by atoms with E-state index in [1.54, 1.807) is 6.92 Å². The fourth-order valence-electron chi connectivity index (χ4n) is 3.94. The molecule has 0 heterocycles. The molecular weight excluding hydrogens is 369 g/mol. The van der Waals surface area contributed by atoms with Gasteiger partial charge in [0.05, 0.1) is 5.92 Å².